The number of carbonyl (C=O) groups is 1. The van der Waals surface area contributed by atoms with Gasteiger partial charge in [0.25, 0.3) is 5.91 Å². The summed E-state index contributed by atoms with van der Waals surface area (Å²) in [6.07, 6.45) is 3.18. The first-order chi connectivity index (χ1) is 11.0. The Bertz CT molecular complexity index is 795. The second kappa shape index (κ2) is 6.57. The molecule has 23 heavy (non-hydrogen) atoms. The first-order valence-corrected chi connectivity index (χ1v) is 8.39. The molecule has 0 radical (unpaired) electrons. The molecule has 1 saturated heterocycles. The molecule has 0 saturated carbocycles. The summed E-state index contributed by atoms with van der Waals surface area (Å²) in [4.78, 5) is 14.4. The van der Waals surface area contributed by atoms with Crippen molar-refractivity contribution in [2.75, 3.05) is 0 Å². The second-order valence-corrected chi connectivity index (χ2v) is 7.17. The minimum absolute atomic E-state index is 0.120. The third kappa shape index (κ3) is 3.40. The lowest BCUT2D eigenvalue weighted by Crippen LogP contribution is -2.27. The van der Waals surface area contributed by atoms with Gasteiger partial charge >= 0.3 is 0 Å². The van der Waals surface area contributed by atoms with Gasteiger partial charge in [-0.15, -0.1) is 0 Å². The predicted octanol–water partition coefficient (Wildman–Crippen LogP) is 4.69. The van der Waals surface area contributed by atoms with Crippen molar-refractivity contribution >= 4 is 63.5 Å². The van der Waals surface area contributed by atoms with E-state index in [9.17, 15) is 9.90 Å². The quantitative estimate of drug-likeness (QED) is 0.613. The molecule has 1 amide bonds. The molecular weight excluding hydrogens is 377 g/mol. The van der Waals surface area contributed by atoms with Crippen molar-refractivity contribution in [2.24, 2.45) is 0 Å². The van der Waals surface area contributed by atoms with Crippen LogP contribution in [0.1, 0.15) is 11.3 Å². The highest BCUT2D eigenvalue weighted by molar-refractivity contribution is 8.26. The Morgan fingerprint density at radius 2 is 2.04 bits per heavy atom. The number of nitrogens with zero attached hydrogens (tertiary/aromatic N) is 1. The van der Waals surface area contributed by atoms with Gasteiger partial charge in [-0.2, -0.15) is 0 Å². The molecule has 1 aliphatic rings. The van der Waals surface area contributed by atoms with E-state index in [0.717, 1.165) is 0 Å². The number of phenols is 1. The summed E-state index contributed by atoms with van der Waals surface area (Å²) in [6.45, 7) is 0.284. The fourth-order valence-corrected chi connectivity index (χ4v) is 3.77. The molecule has 0 aliphatic carbocycles. The average Bonchev–Trinajstić information content (AvgIpc) is 3.09. The predicted molar refractivity (Wildman–Crippen MR) is 95.6 cm³/mol. The van der Waals surface area contributed by atoms with E-state index in [1.807, 2.05) is 0 Å². The Morgan fingerprint density at radius 3 is 2.65 bits per heavy atom. The van der Waals surface area contributed by atoms with Crippen molar-refractivity contribution in [1.82, 2.24) is 4.90 Å². The van der Waals surface area contributed by atoms with Crippen LogP contribution in [0.5, 0.6) is 5.75 Å². The maximum atomic E-state index is 12.5. The molecule has 2 heterocycles. The molecule has 4 nitrogen and oxygen atoms in total. The highest BCUT2D eigenvalue weighted by Gasteiger charge is 2.32. The number of halogens is 2. The fraction of sp³-hybridized carbons (Fsp3) is 0.0667. The van der Waals surface area contributed by atoms with E-state index in [2.05, 4.69) is 0 Å². The van der Waals surface area contributed by atoms with E-state index in [1.165, 1.54) is 28.8 Å². The van der Waals surface area contributed by atoms with Crippen LogP contribution in [0.25, 0.3) is 6.08 Å². The standard InChI is InChI=1S/C15H9Cl2NO3S2/c16-10-4-8(5-11(17)13(10)19)6-12-14(20)18(15(22)23-12)7-9-2-1-3-21-9/h1-6,19H,7H2/b12-6-. The zero-order chi connectivity index (χ0) is 16.6. The molecule has 0 unspecified atom stereocenters. The van der Waals surface area contributed by atoms with Crippen LogP contribution in [0.3, 0.4) is 0 Å². The first kappa shape index (κ1) is 16.4. The third-order valence-electron chi connectivity index (χ3n) is 3.10. The molecule has 0 spiro atoms. The number of rotatable bonds is 3. The lowest BCUT2D eigenvalue weighted by atomic mass is 10.2. The number of furan rings is 1. The maximum Gasteiger partial charge on any atom is 0.266 e. The van der Waals surface area contributed by atoms with Crippen LogP contribution in [-0.2, 0) is 11.3 Å². The average molecular weight is 386 g/mol. The van der Waals surface area contributed by atoms with Crippen LogP contribution in [0.15, 0.2) is 39.9 Å². The van der Waals surface area contributed by atoms with E-state index < -0.39 is 0 Å². The lowest BCUT2D eigenvalue weighted by molar-refractivity contribution is -0.122. The number of benzene rings is 1. The zero-order valence-corrected chi connectivity index (χ0v) is 14.6. The van der Waals surface area contributed by atoms with E-state index in [4.69, 9.17) is 39.8 Å². The maximum absolute atomic E-state index is 12.5. The molecule has 1 aliphatic heterocycles. The normalized spacial score (nSPS) is 16.6. The number of hydrogen-bond donors (Lipinski definition) is 1. The monoisotopic (exact) mass is 385 g/mol. The van der Waals surface area contributed by atoms with Gasteiger partial charge in [-0.3, -0.25) is 9.69 Å². The largest absolute Gasteiger partial charge is 0.505 e. The summed E-state index contributed by atoms with van der Waals surface area (Å²) in [5.74, 6) is 0.255. The summed E-state index contributed by atoms with van der Waals surface area (Å²) in [5.41, 5.74) is 0.608. The number of phenolic OH excluding ortho intramolecular Hbond substituents is 1. The van der Waals surface area contributed by atoms with Crippen molar-refractivity contribution in [2.45, 2.75) is 6.54 Å². The summed E-state index contributed by atoms with van der Waals surface area (Å²) in [7, 11) is 0. The Hall–Kier alpha value is -1.47. The number of carbonyl (C=O) groups excluding carboxylic acids is 1. The van der Waals surface area contributed by atoms with Gasteiger partial charge < -0.3 is 9.52 Å². The number of thiocarbonyl (C=S) groups is 1. The van der Waals surface area contributed by atoms with Gasteiger partial charge in [-0.1, -0.05) is 47.2 Å². The second-order valence-electron chi connectivity index (χ2n) is 4.68. The van der Waals surface area contributed by atoms with Crippen LogP contribution < -0.4 is 0 Å². The first-order valence-electron chi connectivity index (χ1n) is 6.41. The minimum Gasteiger partial charge on any atom is -0.505 e. The van der Waals surface area contributed by atoms with Crippen molar-refractivity contribution in [3.05, 3.63) is 56.8 Å². The van der Waals surface area contributed by atoms with Crippen LogP contribution in [0.2, 0.25) is 10.0 Å². The van der Waals surface area contributed by atoms with Gasteiger partial charge in [0.2, 0.25) is 0 Å². The fourth-order valence-electron chi connectivity index (χ4n) is 2.01. The van der Waals surface area contributed by atoms with Gasteiger partial charge in [0.1, 0.15) is 10.1 Å². The van der Waals surface area contributed by atoms with Crippen LogP contribution >= 0.6 is 47.2 Å². The highest BCUT2D eigenvalue weighted by Crippen LogP contribution is 2.37. The van der Waals surface area contributed by atoms with Crippen LogP contribution in [0, 0.1) is 0 Å². The van der Waals surface area contributed by atoms with Gasteiger partial charge in [-0.05, 0) is 35.9 Å². The summed E-state index contributed by atoms with van der Waals surface area (Å²) in [5, 5.41) is 9.82. The molecule has 3 rings (SSSR count). The summed E-state index contributed by atoms with van der Waals surface area (Å²) in [6, 6.07) is 6.59. The highest BCUT2D eigenvalue weighted by atomic mass is 35.5. The molecule has 2 aromatic rings. The molecule has 0 atom stereocenters. The van der Waals surface area contributed by atoms with Gasteiger partial charge in [-0.25, -0.2) is 0 Å². The third-order valence-corrected chi connectivity index (χ3v) is 5.06. The van der Waals surface area contributed by atoms with Gasteiger partial charge in [0, 0.05) is 0 Å². The van der Waals surface area contributed by atoms with Gasteiger partial charge in [0.05, 0.1) is 27.8 Å². The van der Waals surface area contributed by atoms with E-state index in [-0.39, 0.29) is 28.2 Å². The number of thioether (sulfide) groups is 1. The Balaban J connectivity index is 1.87. The van der Waals surface area contributed by atoms with Crippen molar-refractivity contribution in [3.63, 3.8) is 0 Å². The van der Waals surface area contributed by atoms with E-state index in [0.29, 0.717) is 20.5 Å². The minimum atomic E-state index is -0.211. The SMILES string of the molecule is O=C1/C(=C/c2cc(Cl)c(O)c(Cl)c2)SC(=S)N1Cc1ccco1. The van der Waals surface area contributed by atoms with Crippen LogP contribution in [0.4, 0.5) is 0 Å². The Morgan fingerprint density at radius 1 is 1.35 bits per heavy atom. The number of aromatic hydroxyl groups is 1. The lowest BCUT2D eigenvalue weighted by Gasteiger charge is -2.12. The molecule has 1 aromatic carbocycles. The number of amides is 1. The molecule has 0 bridgehead atoms. The zero-order valence-electron chi connectivity index (χ0n) is 11.5. The Kier molecular flexibility index (Phi) is 4.68. The molecule has 1 aromatic heterocycles. The van der Waals surface area contributed by atoms with Crippen LogP contribution in [-0.4, -0.2) is 20.2 Å². The number of hydrogen-bond acceptors (Lipinski definition) is 5. The molecule has 8 heteroatoms. The van der Waals surface area contributed by atoms with Crippen molar-refractivity contribution in [3.8, 4) is 5.75 Å². The van der Waals surface area contributed by atoms with E-state index in [1.54, 1.807) is 24.5 Å². The molecular formula is C15H9Cl2NO3S2. The summed E-state index contributed by atoms with van der Waals surface area (Å²) < 4.78 is 5.70. The smallest absolute Gasteiger partial charge is 0.266 e. The topological polar surface area (TPSA) is 53.7 Å². The molecule has 1 N–H and O–H groups in total. The molecule has 1 fully saturated rings. The summed E-state index contributed by atoms with van der Waals surface area (Å²) >= 11 is 18.2. The van der Waals surface area contributed by atoms with Crippen molar-refractivity contribution in [1.29, 1.82) is 0 Å². The molecule has 118 valence electrons. The van der Waals surface area contributed by atoms with Crippen molar-refractivity contribution < 1.29 is 14.3 Å². The van der Waals surface area contributed by atoms with E-state index >= 15 is 0 Å². The Labute approximate surface area is 151 Å². The van der Waals surface area contributed by atoms with Gasteiger partial charge in [0.15, 0.2) is 5.75 Å².